The largest absolute Gasteiger partial charge is 0.269 e. The third kappa shape index (κ3) is 1.41. The molecule has 0 atom stereocenters. The molecule has 13 heavy (non-hydrogen) atoms. The summed E-state index contributed by atoms with van der Waals surface area (Å²) in [5, 5.41) is 3.74. The summed E-state index contributed by atoms with van der Waals surface area (Å²) in [5.74, 6) is 0. The van der Waals surface area contributed by atoms with Crippen molar-refractivity contribution in [2.75, 3.05) is 0 Å². The molecule has 0 fully saturated rings. The molecule has 0 saturated carbocycles. The van der Waals surface area contributed by atoms with Crippen LogP contribution in [0.4, 0.5) is 8.78 Å². The smallest absolute Gasteiger partial charge is 0.235 e. The van der Waals surface area contributed by atoms with Gasteiger partial charge in [-0.15, -0.1) is 0 Å². The summed E-state index contributed by atoms with van der Waals surface area (Å²) >= 11 is 3.17. The number of alkyl halides is 2. The van der Waals surface area contributed by atoms with Crippen molar-refractivity contribution in [2.24, 2.45) is 0 Å². The van der Waals surface area contributed by atoms with Crippen LogP contribution in [0.5, 0.6) is 0 Å². The number of nitrogens with zero attached hydrogens (tertiary/aromatic N) is 3. The normalized spacial score (nSPS) is 11.4. The van der Waals surface area contributed by atoms with Gasteiger partial charge in [-0.1, -0.05) is 0 Å². The lowest BCUT2D eigenvalue weighted by molar-refractivity contribution is 0.153. The van der Waals surface area contributed by atoms with Crippen molar-refractivity contribution < 1.29 is 8.78 Å². The van der Waals surface area contributed by atoms with Crippen molar-refractivity contribution in [3.05, 3.63) is 28.6 Å². The summed E-state index contributed by atoms with van der Waals surface area (Å²) in [7, 11) is 0. The lowest BCUT2D eigenvalue weighted by Gasteiger charge is -1.95. The molecule has 0 aliphatic rings. The Hall–Kier alpha value is -1.04. The van der Waals surface area contributed by atoms with Gasteiger partial charge in [0.15, 0.2) is 5.65 Å². The van der Waals surface area contributed by atoms with Crippen molar-refractivity contribution >= 4 is 21.6 Å². The van der Waals surface area contributed by atoms with Gasteiger partial charge in [-0.05, 0) is 15.9 Å². The Bertz CT molecular complexity index is 440. The van der Waals surface area contributed by atoms with Gasteiger partial charge in [0.25, 0.3) is 6.43 Å². The second-order valence-corrected chi connectivity index (χ2v) is 3.36. The number of aromatic nitrogens is 3. The molecule has 0 saturated heterocycles. The number of halogens is 3. The van der Waals surface area contributed by atoms with Crippen LogP contribution in [0.2, 0.25) is 0 Å². The van der Waals surface area contributed by atoms with Crippen molar-refractivity contribution in [3.63, 3.8) is 0 Å². The highest BCUT2D eigenvalue weighted by atomic mass is 79.9. The Kier molecular flexibility index (Phi) is 1.99. The highest BCUT2D eigenvalue weighted by molar-refractivity contribution is 9.10. The van der Waals surface area contributed by atoms with Crippen molar-refractivity contribution in [2.45, 2.75) is 6.43 Å². The zero-order valence-electron chi connectivity index (χ0n) is 6.28. The molecular formula is C7H4BrF2N3. The fourth-order valence-corrected chi connectivity index (χ4v) is 1.32. The first-order valence-corrected chi connectivity index (χ1v) is 4.24. The van der Waals surface area contributed by atoms with Gasteiger partial charge in [0.1, 0.15) is 0 Å². The minimum absolute atomic E-state index is 0.146. The predicted octanol–water partition coefficient (Wildman–Crippen LogP) is 2.43. The molecule has 0 bridgehead atoms. The lowest BCUT2D eigenvalue weighted by Crippen LogP contribution is -1.90. The Labute approximate surface area is 80.5 Å². The van der Waals surface area contributed by atoms with E-state index in [4.69, 9.17) is 0 Å². The minimum Gasteiger partial charge on any atom is -0.235 e. The molecule has 0 spiro atoms. The van der Waals surface area contributed by atoms with E-state index in [1.807, 2.05) is 0 Å². The summed E-state index contributed by atoms with van der Waals surface area (Å²) in [6.07, 6.45) is 1.63. The van der Waals surface area contributed by atoms with Crippen LogP contribution in [-0.4, -0.2) is 14.6 Å². The summed E-state index contributed by atoms with van der Waals surface area (Å²) in [5.41, 5.74) is 0.0469. The van der Waals surface area contributed by atoms with E-state index in [1.165, 1.54) is 10.7 Å². The van der Waals surface area contributed by atoms with Gasteiger partial charge in [-0.25, -0.2) is 18.3 Å². The van der Waals surface area contributed by atoms with E-state index < -0.39 is 6.43 Å². The number of rotatable bonds is 1. The first-order valence-electron chi connectivity index (χ1n) is 3.45. The zero-order valence-corrected chi connectivity index (χ0v) is 7.87. The Balaban J connectivity index is 2.69. The van der Waals surface area contributed by atoms with Crippen LogP contribution in [-0.2, 0) is 0 Å². The molecule has 0 aromatic carbocycles. The van der Waals surface area contributed by atoms with E-state index in [9.17, 15) is 8.78 Å². The topological polar surface area (TPSA) is 30.2 Å². The number of fused-ring (bicyclic) bond motifs is 1. The fourth-order valence-electron chi connectivity index (χ4n) is 1.02. The maximum atomic E-state index is 12.3. The second kappa shape index (κ2) is 3.02. The van der Waals surface area contributed by atoms with E-state index in [0.29, 0.717) is 4.47 Å². The second-order valence-electron chi connectivity index (χ2n) is 2.44. The van der Waals surface area contributed by atoms with Gasteiger partial charge in [0.05, 0.1) is 16.2 Å². The maximum Gasteiger partial charge on any atom is 0.269 e. The van der Waals surface area contributed by atoms with Gasteiger partial charge in [0, 0.05) is 12.4 Å². The van der Waals surface area contributed by atoms with E-state index in [2.05, 4.69) is 26.0 Å². The minimum atomic E-state index is -2.54. The summed E-state index contributed by atoms with van der Waals surface area (Å²) in [6, 6.07) is 0. The molecule has 0 radical (unpaired) electrons. The average Bonchev–Trinajstić information content (AvgIpc) is 2.46. The maximum absolute atomic E-state index is 12.3. The van der Waals surface area contributed by atoms with Gasteiger partial charge in [-0.3, -0.25) is 0 Å². The fraction of sp³-hybridized carbons (Fsp3) is 0.143. The third-order valence-electron chi connectivity index (χ3n) is 1.59. The lowest BCUT2D eigenvalue weighted by atomic mass is 10.3. The van der Waals surface area contributed by atoms with Crippen molar-refractivity contribution in [3.8, 4) is 0 Å². The zero-order chi connectivity index (χ0) is 9.42. The Morgan fingerprint density at radius 1 is 1.38 bits per heavy atom. The first kappa shape index (κ1) is 8.55. The van der Waals surface area contributed by atoms with E-state index >= 15 is 0 Å². The highest BCUT2D eigenvalue weighted by Gasteiger charge is 2.14. The van der Waals surface area contributed by atoms with E-state index in [0.717, 1.165) is 6.20 Å². The molecule has 0 N–H and O–H groups in total. The highest BCUT2D eigenvalue weighted by Crippen LogP contribution is 2.22. The van der Waals surface area contributed by atoms with Gasteiger partial charge in [-0.2, -0.15) is 5.10 Å². The predicted molar refractivity (Wildman–Crippen MR) is 45.6 cm³/mol. The molecule has 0 unspecified atom stereocenters. The van der Waals surface area contributed by atoms with Crippen molar-refractivity contribution in [1.29, 1.82) is 0 Å². The molecule has 3 nitrogen and oxygen atoms in total. The Morgan fingerprint density at radius 2 is 2.15 bits per heavy atom. The van der Waals surface area contributed by atoms with E-state index in [1.54, 1.807) is 6.20 Å². The van der Waals surface area contributed by atoms with Crippen LogP contribution >= 0.6 is 15.9 Å². The van der Waals surface area contributed by atoms with Gasteiger partial charge < -0.3 is 0 Å². The summed E-state index contributed by atoms with van der Waals surface area (Å²) in [6.45, 7) is 0. The first-order chi connectivity index (χ1) is 6.18. The number of hydrogen-bond donors (Lipinski definition) is 0. The molecule has 0 amide bonds. The van der Waals surface area contributed by atoms with E-state index in [-0.39, 0.29) is 11.2 Å². The molecule has 6 heteroatoms. The number of hydrogen-bond acceptors (Lipinski definition) is 2. The molecule has 0 aliphatic carbocycles. The van der Waals surface area contributed by atoms with Crippen LogP contribution < -0.4 is 0 Å². The van der Waals surface area contributed by atoms with Crippen LogP contribution in [0.25, 0.3) is 5.65 Å². The van der Waals surface area contributed by atoms with Gasteiger partial charge >= 0.3 is 0 Å². The molecule has 2 aromatic rings. The summed E-state index contributed by atoms with van der Waals surface area (Å²) < 4.78 is 26.7. The van der Waals surface area contributed by atoms with Crippen LogP contribution in [0, 0.1) is 0 Å². The van der Waals surface area contributed by atoms with Crippen LogP contribution in [0.1, 0.15) is 12.0 Å². The summed E-state index contributed by atoms with van der Waals surface area (Å²) in [4.78, 5) is 3.84. The van der Waals surface area contributed by atoms with Crippen LogP contribution in [0.3, 0.4) is 0 Å². The third-order valence-corrected chi connectivity index (χ3v) is 2.00. The molecule has 0 aliphatic heterocycles. The van der Waals surface area contributed by atoms with Crippen molar-refractivity contribution in [1.82, 2.24) is 14.6 Å². The Morgan fingerprint density at radius 3 is 2.85 bits per heavy atom. The van der Waals surface area contributed by atoms with Crippen LogP contribution in [0.15, 0.2) is 23.1 Å². The molecule has 68 valence electrons. The SMILES string of the molecule is FC(F)c1cnn2cc(Br)cnc12. The standard InChI is InChI=1S/C7H4BrF2N3/c8-4-1-11-7-5(6(9)10)2-12-13(7)3-4/h1-3,6H. The molecule has 2 heterocycles. The molecule has 2 rings (SSSR count). The average molecular weight is 248 g/mol. The van der Waals surface area contributed by atoms with Gasteiger partial charge in [0.2, 0.25) is 0 Å². The molecular weight excluding hydrogens is 244 g/mol. The molecule has 2 aromatic heterocycles. The quantitative estimate of drug-likeness (QED) is 0.775. The monoisotopic (exact) mass is 247 g/mol.